The lowest BCUT2D eigenvalue weighted by molar-refractivity contribution is -0.155. The number of hydrogen-bond donors (Lipinski definition) is 1. The Kier molecular flexibility index (Phi) is 4.55. The van der Waals surface area contributed by atoms with Crippen LogP contribution in [-0.4, -0.2) is 18.1 Å². The van der Waals surface area contributed by atoms with Crippen LogP contribution in [0.3, 0.4) is 0 Å². The summed E-state index contributed by atoms with van der Waals surface area (Å²) in [6.07, 6.45) is 3.70. The lowest BCUT2D eigenvalue weighted by Crippen LogP contribution is -2.59. The molecule has 0 radical (unpaired) electrons. The topological polar surface area (TPSA) is 38.3 Å². The van der Waals surface area contributed by atoms with Crippen LogP contribution in [0.25, 0.3) is 0 Å². The van der Waals surface area contributed by atoms with Crippen LogP contribution >= 0.6 is 0 Å². The van der Waals surface area contributed by atoms with Gasteiger partial charge in [0.05, 0.1) is 6.61 Å². The summed E-state index contributed by atoms with van der Waals surface area (Å²) < 4.78 is 18.8. The predicted octanol–water partition coefficient (Wildman–Crippen LogP) is 4.14. The van der Waals surface area contributed by atoms with Crippen LogP contribution in [0.15, 0.2) is 24.3 Å². The van der Waals surface area contributed by atoms with Crippen molar-refractivity contribution in [3.05, 3.63) is 30.1 Å². The Labute approximate surface area is 125 Å². The second-order valence-corrected chi connectivity index (χ2v) is 6.35. The average Bonchev–Trinajstić information content (AvgIpc) is 2.41. The molecule has 0 saturated heterocycles. The molecule has 3 nitrogen and oxygen atoms in total. The van der Waals surface area contributed by atoms with Crippen molar-refractivity contribution in [2.75, 3.05) is 11.9 Å². The molecule has 1 aliphatic rings. The lowest BCUT2D eigenvalue weighted by atomic mass is 9.63. The molecule has 0 aromatic heterocycles. The third-order valence-corrected chi connectivity index (χ3v) is 4.57. The van der Waals surface area contributed by atoms with Gasteiger partial charge in [-0.1, -0.05) is 32.8 Å². The summed E-state index contributed by atoms with van der Waals surface area (Å²) in [6.45, 7) is 6.32. The molecule has 0 spiro atoms. The maximum absolute atomic E-state index is 13.4. The van der Waals surface area contributed by atoms with Gasteiger partial charge in [0.1, 0.15) is 11.4 Å². The van der Waals surface area contributed by atoms with Crippen LogP contribution in [-0.2, 0) is 9.53 Å². The Hall–Kier alpha value is -1.58. The van der Waals surface area contributed by atoms with Crippen molar-refractivity contribution in [3.63, 3.8) is 0 Å². The summed E-state index contributed by atoms with van der Waals surface area (Å²) in [5, 5.41) is 3.30. The van der Waals surface area contributed by atoms with E-state index in [1.165, 1.54) is 12.1 Å². The third kappa shape index (κ3) is 3.04. The summed E-state index contributed by atoms with van der Waals surface area (Å²) >= 11 is 0. The van der Waals surface area contributed by atoms with Gasteiger partial charge < -0.3 is 10.1 Å². The third-order valence-electron chi connectivity index (χ3n) is 4.57. The van der Waals surface area contributed by atoms with Gasteiger partial charge in [-0.3, -0.25) is 0 Å². The van der Waals surface area contributed by atoms with Crippen molar-refractivity contribution in [1.82, 2.24) is 0 Å². The van der Waals surface area contributed by atoms with Crippen LogP contribution in [0, 0.1) is 11.2 Å². The minimum Gasteiger partial charge on any atom is -0.464 e. The fourth-order valence-corrected chi connectivity index (χ4v) is 3.24. The highest BCUT2D eigenvalue weighted by Crippen LogP contribution is 2.46. The Bertz CT molecular complexity index is 515. The van der Waals surface area contributed by atoms with Gasteiger partial charge in [-0.2, -0.15) is 0 Å². The molecular formula is C17H24FNO2. The van der Waals surface area contributed by atoms with Gasteiger partial charge in [0.2, 0.25) is 0 Å². The summed E-state index contributed by atoms with van der Waals surface area (Å²) in [5.74, 6) is -0.549. The molecule has 1 unspecified atom stereocenters. The molecule has 1 aromatic rings. The summed E-state index contributed by atoms with van der Waals surface area (Å²) in [5.41, 5.74) is -0.420. The van der Waals surface area contributed by atoms with Crippen LogP contribution in [0.1, 0.15) is 46.5 Å². The monoisotopic (exact) mass is 293 g/mol. The highest BCUT2D eigenvalue weighted by molar-refractivity contribution is 5.86. The summed E-state index contributed by atoms with van der Waals surface area (Å²) in [4.78, 5) is 12.6. The Balaban J connectivity index is 2.38. The van der Waals surface area contributed by atoms with E-state index in [-0.39, 0.29) is 17.2 Å². The van der Waals surface area contributed by atoms with Crippen LogP contribution in [0.4, 0.5) is 10.1 Å². The zero-order chi connectivity index (χ0) is 15.5. The number of halogens is 1. The largest absolute Gasteiger partial charge is 0.464 e. The van der Waals surface area contributed by atoms with Crippen molar-refractivity contribution >= 4 is 11.7 Å². The van der Waals surface area contributed by atoms with Gasteiger partial charge >= 0.3 is 5.97 Å². The van der Waals surface area contributed by atoms with Gasteiger partial charge in [0.15, 0.2) is 0 Å². The Morgan fingerprint density at radius 2 is 2.05 bits per heavy atom. The Morgan fingerprint density at radius 1 is 1.33 bits per heavy atom. The number of rotatable bonds is 4. The number of benzene rings is 1. The van der Waals surface area contributed by atoms with Crippen LogP contribution in [0.2, 0.25) is 0 Å². The standard InChI is InChI=1S/C17H24FNO2/c1-4-21-15(20)17(11-6-5-10-16(17,2)3)19-14-9-7-8-13(18)12-14/h7-9,12,19H,4-6,10-11H2,1-3H3. The first kappa shape index (κ1) is 15.8. The lowest BCUT2D eigenvalue weighted by Gasteiger charge is -2.48. The zero-order valence-electron chi connectivity index (χ0n) is 13.0. The number of anilines is 1. The van der Waals surface area contributed by atoms with Crippen molar-refractivity contribution in [2.45, 2.75) is 52.0 Å². The van der Waals surface area contributed by atoms with Gasteiger partial charge in [0.25, 0.3) is 0 Å². The minimum atomic E-state index is -0.797. The molecule has 1 saturated carbocycles. The van der Waals surface area contributed by atoms with Gasteiger partial charge in [0, 0.05) is 5.69 Å². The first-order valence-corrected chi connectivity index (χ1v) is 7.62. The van der Waals surface area contributed by atoms with Gasteiger partial charge in [-0.05, 0) is 43.4 Å². The van der Waals surface area contributed by atoms with E-state index in [9.17, 15) is 9.18 Å². The molecular weight excluding hydrogens is 269 g/mol. The zero-order valence-corrected chi connectivity index (χ0v) is 13.0. The van der Waals surface area contributed by atoms with Crippen molar-refractivity contribution in [1.29, 1.82) is 0 Å². The average molecular weight is 293 g/mol. The molecule has 116 valence electrons. The van der Waals surface area contributed by atoms with E-state index in [2.05, 4.69) is 19.2 Å². The molecule has 1 N–H and O–H groups in total. The van der Waals surface area contributed by atoms with Crippen LogP contribution in [0.5, 0.6) is 0 Å². The van der Waals surface area contributed by atoms with E-state index in [0.717, 1.165) is 19.3 Å². The van der Waals surface area contributed by atoms with Gasteiger partial charge in [-0.25, -0.2) is 9.18 Å². The van der Waals surface area contributed by atoms with E-state index < -0.39 is 5.54 Å². The first-order valence-electron chi connectivity index (χ1n) is 7.62. The first-order chi connectivity index (χ1) is 9.91. The number of hydrogen-bond acceptors (Lipinski definition) is 3. The molecule has 0 amide bonds. The molecule has 1 aliphatic carbocycles. The summed E-state index contributed by atoms with van der Waals surface area (Å²) in [6, 6.07) is 6.25. The maximum Gasteiger partial charge on any atom is 0.332 e. The normalized spacial score (nSPS) is 24.4. The van der Waals surface area contributed by atoms with E-state index in [4.69, 9.17) is 4.74 Å². The number of carbonyl (C=O) groups excluding carboxylic acids is 1. The molecule has 0 aliphatic heterocycles. The molecule has 0 bridgehead atoms. The number of esters is 1. The SMILES string of the molecule is CCOC(=O)C1(Nc2cccc(F)c2)CCCCC1(C)C. The highest BCUT2D eigenvalue weighted by Gasteiger charge is 2.53. The second kappa shape index (κ2) is 6.04. The molecule has 1 fully saturated rings. The molecule has 4 heteroatoms. The van der Waals surface area contributed by atoms with Crippen molar-refractivity contribution in [3.8, 4) is 0 Å². The van der Waals surface area contributed by atoms with E-state index in [1.54, 1.807) is 12.1 Å². The minimum absolute atomic E-state index is 0.237. The highest BCUT2D eigenvalue weighted by atomic mass is 19.1. The smallest absolute Gasteiger partial charge is 0.332 e. The molecule has 21 heavy (non-hydrogen) atoms. The second-order valence-electron chi connectivity index (χ2n) is 6.35. The summed E-state index contributed by atoms with van der Waals surface area (Å²) in [7, 11) is 0. The van der Waals surface area contributed by atoms with Crippen molar-refractivity contribution in [2.24, 2.45) is 5.41 Å². The number of ether oxygens (including phenoxy) is 1. The predicted molar refractivity (Wildman–Crippen MR) is 81.6 cm³/mol. The number of carbonyl (C=O) groups is 1. The van der Waals surface area contributed by atoms with Crippen molar-refractivity contribution < 1.29 is 13.9 Å². The quantitative estimate of drug-likeness (QED) is 0.848. The molecule has 2 rings (SSSR count). The molecule has 1 aromatic carbocycles. The Morgan fingerprint density at radius 3 is 2.67 bits per heavy atom. The van der Waals surface area contributed by atoms with Crippen LogP contribution < -0.4 is 5.32 Å². The van der Waals surface area contributed by atoms with Gasteiger partial charge in [-0.15, -0.1) is 0 Å². The fraction of sp³-hybridized carbons (Fsp3) is 0.588. The van der Waals surface area contributed by atoms with E-state index >= 15 is 0 Å². The molecule has 0 heterocycles. The van der Waals surface area contributed by atoms with E-state index in [0.29, 0.717) is 18.7 Å². The maximum atomic E-state index is 13.4. The molecule has 1 atom stereocenters. The van der Waals surface area contributed by atoms with E-state index in [1.807, 2.05) is 6.92 Å². The fourth-order valence-electron chi connectivity index (χ4n) is 3.24. The number of nitrogens with one attached hydrogen (secondary N) is 1.